The number of nitrogens with zero attached hydrogens (tertiary/aromatic N) is 4. The van der Waals surface area contributed by atoms with Crippen LogP contribution in [0.3, 0.4) is 0 Å². The highest BCUT2D eigenvalue weighted by Crippen LogP contribution is 2.37. The molecule has 1 unspecified atom stereocenters. The van der Waals surface area contributed by atoms with E-state index in [1.165, 1.54) is 31.2 Å². The zero-order valence-electron chi connectivity index (χ0n) is 11.4. The molecule has 5 nitrogen and oxygen atoms in total. The van der Waals surface area contributed by atoms with Crippen LogP contribution < -0.4 is 0 Å². The largest absolute Gasteiger partial charge is 0.303 e. The number of rotatable bonds is 5. The van der Waals surface area contributed by atoms with E-state index in [1.807, 2.05) is 18.2 Å². The molecule has 104 valence electrons. The molecule has 1 saturated carbocycles. The molecule has 0 aliphatic heterocycles. The molecule has 1 atom stereocenters. The van der Waals surface area contributed by atoms with E-state index in [-0.39, 0.29) is 12.5 Å². The van der Waals surface area contributed by atoms with Gasteiger partial charge in [0.2, 0.25) is 0 Å². The Labute approximate surface area is 118 Å². The number of hydrogen-bond acceptors (Lipinski definition) is 4. The lowest BCUT2D eigenvalue weighted by atomic mass is 9.92. The summed E-state index contributed by atoms with van der Waals surface area (Å²) in [6.45, 7) is 0. The molecule has 0 radical (unpaired) electrons. The molecular formula is C15H18N4O. The highest BCUT2D eigenvalue weighted by Gasteiger charge is 2.29. The van der Waals surface area contributed by atoms with Gasteiger partial charge in [-0.15, -0.1) is 10.2 Å². The van der Waals surface area contributed by atoms with Gasteiger partial charge in [-0.1, -0.05) is 43.2 Å². The van der Waals surface area contributed by atoms with Crippen LogP contribution in [0.5, 0.6) is 0 Å². The number of carbonyl (C=O) groups is 1. The quantitative estimate of drug-likeness (QED) is 0.781. The molecule has 5 heteroatoms. The fraction of sp³-hybridized carbons (Fsp3) is 0.467. The minimum absolute atomic E-state index is 0.131. The molecule has 0 amide bonds. The normalized spacial score (nSPS) is 17.2. The first-order valence-corrected chi connectivity index (χ1v) is 7.15. The third-order valence-corrected chi connectivity index (χ3v) is 3.97. The van der Waals surface area contributed by atoms with Crippen molar-refractivity contribution in [2.75, 3.05) is 0 Å². The summed E-state index contributed by atoms with van der Waals surface area (Å²) in [7, 11) is 0. The van der Waals surface area contributed by atoms with Crippen LogP contribution in [0.15, 0.2) is 30.3 Å². The predicted molar refractivity (Wildman–Crippen MR) is 74.1 cm³/mol. The Morgan fingerprint density at radius 1 is 1.25 bits per heavy atom. The Bertz CT molecular complexity index is 560. The van der Waals surface area contributed by atoms with Gasteiger partial charge in [-0.25, -0.2) is 0 Å². The van der Waals surface area contributed by atoms with Gasteiger partial charge in [0, 0.05) is 0 Å². The summed E-state index contributed by atoms with van der Waals surface area (Å²) >= 11 is 0. The van der Waals surface area contributed by atoms with Gasteiger partial charge in [-0.2, -0.15) is 4.80 Å². The van der Waals surface area contributed by atoms with Crippen LogP contribution in [0, 0.1) is 5.92 Å². The second kappa shape index (κ2) is 5.94. The lowest BCUT2D eigenvalue weighted by Crippen LogP contribution is -2.21. The lowest BCUT2D eigenvalue weighted by molar-refractivity contribution is -0.107. The average molecular weight is 270 g/mol. The lowest BCUT2D eigenvalue weighted by Gasteiger charge is -2.22. The van der Waals surface area contributed by atoms with Gasteiger partial charge < -0.3 is 4.79 Å². The molecule has 1 heterocycles. The van der Waals surface area contributed by atoms with Gasteiger partial charge in [0.15, 0.2) is 5.82 Å². The first-order chi connectivity index (χ1) is 9.88. The van der Waals surface area contributed by atoms with Gasteiger partial charge in [-0.05, 0) is 29.5 Å². The summed E-state index contributed by atoms with van der Waals surface area (Å²) in [6, 6.07) is 10.5. The fourth-order valence-electron chi connectivity index (χ4n) is 3.05. The van der Waals surface area contributed by atoms with Crippen LogP contribution in [0.2, 0.25) is 0 Å². The highest BCUT2D eigenvalue weighted by atomic mass is 16.1. The molecule has 1 aromatic carbocycles. The Morgan fingerprint density at radius 2 is 2.00 bits per heavy atom. The van der Waals surface area contributed by atoms with E-state index in [4.69, 9.17) is 0 Å². The minimum Gasteiger partial charge on any atom is -0.303 e. The summed E-state index contributed by atoms with van der Waals surface area (Å²) < 4.78 is 0. The van der Waals surface area contributed by atoms with E-state index < -0.39 is 0 Å². The molecule has 0 spiro atoms. The Kier molecular flexibility index (Phi) is 3.85. The molecular weight excluding hydrogens is 252 g/mol. The van der Waals surface area contributed by atoms with Crippen LogP contribution in [-0.4, -0.2) is 26.5 Å². The number of tetrazole rings is 1. The molecule has 1 aliphatic rings. The number of hydrogen-bond donors (Lipinski definition) is 0. The maximum absolute atomic E-state index is 10.6. The van der Waals surface area contributed by atoms with E-state index in [0.717, 1.165) is 6.29 Å². The van der Waals surface area contributed by atoms with E-state index in [0.29, 0.717) is 11.7 Å². The van der Waals surface area contributed by atoms with Crippen molar-refractivity contribution >= 4 is 6.29 Å². The Balaban J connectivity index is 1.93. The van der Waals surface area contributed by atoms with Gasteiger partial charge in [0.1, 0.15) is 12.3 Å². The molecule has 1 fully saturated rings. The SMILES string of the molecule is O=CCc1nnn(C(c2ccccc2)C2CCCC2)n1. The molecule has 1 aliphatic carbocycles. The summed E-state index contributed by atoms with van der Waals surface area (Å²) in [5.41, 5.74) is 1.22. The molecule has 0 N–H and O–H groups in total. The predicted octanol–water partition coefficient (Wildman–Crippen LogP) is 2.19. The van der Waals surface area contributed by atoms with Crippen LogP contribution in [0.1, 0.15) is 43.1 Å². The van der Waals surface area contributed by atoms with Crippen LogP contribution in [0.4, 0.5) is 0 Å². The zero-order valence-corrected chi connectivity index (χ0v) is 11.4. The molecule has 0 saturated heterocycles. The average Bonchev–Trinajstić information content (AvgIpc) is 3.14. The maximum atomic E-state index is 10.6. The first-order valence-electron chi connectivity index (χ1n) is 7.15. The maximum Gasteiger partial charge on any atom is 0.181 e. The third-order valence-electron chi connectivity index (χ3n) is 3.97. The number of aldehydes is 1. The third kappa shape index (κ3) is 2.61. The molecule has 3 rings (SSSR count). The van der Waals surface area contributed by atoms with Crippen LogP contribution in [0.25, 0.3) is 0 Å². The number of carbonyl (C=O) groups excluding carboxylic acids is 1. The summed E-state index contributed by atoms with van der Waals surface area (Å²) in [4.78, 5) is 12.3. The molecule has 20 heavy (non-hydrogen) atoms. The van der Waals surface area contributed by atoms with Gasteiger partial charge in [0.05, 0.1) is 6.42 Å². The smallest absolute Gasteiger partial charge is 0.181 e. The van der Waals surface area contributed by atoms with Crippen molar-refractivity contribution in [3.8, 4) is 0 Å². The minimum atomic E-state index is 0.131. The standard InChI is InChI=1S/C15H18N4O/c20-11-10-14-16-18-19(17-14)15(13-8-4-5-9-13)12-6-2-1-3-7-12/h1-3,6-7,11,13,15H,4-5,8-10H2. The van der Waals surface area contributed by atoms with E-state index in [2.05, 4.69) is 27.5 Å². The topological polar surface area (TPSA) is 60.7 Å². The second-order valence-electron chi connectivity index (χ2n) is 5.30. The van der Waals surface area contributed by atoms with E-state index in [9.17, 15) is 4.79 Å². The van der Waals surface area contributed by atoms with Crippen LogP contribution in [-0.2, 0) is 11.2 Å². The summed E-state index contributed by atoms with van der Waals surface area (Å²) in [5.74, 6) is 1.05. The van der Waals surface area contributed by atoms with Crippen molar-refractivity contribution in [2.24, 2.45) is 5.92 Å². The van der Waals surface area contributed by atoms with Crippen molar-refractivity contribution in [1.29, 1.82) is 0 Å². The number of aromatic nitrogens is 4. The monoisotopic (exact) mass is 270 g/mol. The second-order valence-corrected chi connectivity index (χ2v) is 5.30. The Hall–Kier alpha value is -2.04. The van der Waals surface area contributed by atoms with Gasteiger partial charge in [-0.3, -0.25) is 0 Å². The van der Waals surface area contributed by atoms with Crippen molar-refractivity contribution < 1.29 is 4.79 Å². The van der Waals surface area contributed by atoms with Crippen molar-refractivity contribution in [3.63, 3.8) is 0 Å². The number of benzene rings is 1. The summed E-state index contributed by atoms with van der Waals surface area (Å²) in [6.07, 6.45) is 5.97. The Morgan fingerprint density at radius 3 is 2.70 bits per heavy atom. The van der Waals surface area contributed by atoms with Crippen molar-refractivity contribution in [1.82, 2.24) is 20.2 Å². The van der Waals surface area contributed by atoms with E-state index >= 15 is 0 Å². The van der Waals surface area contributed by atoms with Crippen molar-refractivity contribution in [3.05, 3.63) is 41.7 Å². The molecule has 2 aromatic rings. The fourth-order valence-corrected chi connectivity index (χ4v) is 3.05. The summed E-state index contributed by atoms with van der Waals surface area (Å²) in [5, 5.41) is 12.5. The zero-order chi connectivity index (χ0) is 13.8. The van der Waals surface area contributed by atoms with Crippen LogP contribution >= 0.6 is 0 Å². The first kappa shape index (κ1) is 13.0. The van der Waals surface area contributed by atoms with Gasteiger partial charge in [0.25, 0.3) is 0 Å². The van der Waals surface area contributed by atoms with Gasteiger partial charge >= 0.3 is 0 Å². The molecule has 0 bridgehead atoms. The van der Waals surface area contributed by atoms with E-state index in [1.54, 1.807) is 4.80 Å². The highest BCUT2D eigenvalue weighted by molar-refractivity contribution is 5.52. The molecule has 1 aromatic heterocycles. The van der Waals surface area contributed by atoms with Crippen molar-refractivity contribution in [2.45, 2.75) is 38.1 Å².